The maximum absolute atomic E-state index is 13.1. The number of Topliss-reactive ketones (excluding diaryl/α,β-unsaturated/α-hetero) is 1. The predicted octanol–water partition coefficient (Wildman–Crippen LogP) is 2.65. The zero-order chi connectivity index (χ0) is 24.8. The Bertz CT molecular complexity index is 1130. The number of alkyl halides is 1. The number of hydrazine groups is 1. The summed E-state index contributed by atoms with van der Waals surface area (Å²) in [5.41, 5.74) is 1.71. The largest absolute Gasteiger partial charge is 0.454 e. The number of hydrogen-bond donors (Lipinski definition) is 1. The van der Waals surface area contributed by atoms with Crippen LogP contribution in [0.5, 0.6) is 0 Å². The fraction of sp³-hybridized carbons (Fsp3) is 0.273. The number of nitrogens with zero attached hydrogens (tertiary/aromatic N) is 2. The van der Waals surface area contributed by atoms with E-state index in [4.69, 9.17) is 16.3 Å². The molecule has 1 N–H and O–H groups in total. The van der Waals surface area contributed by atoms with Crippen LogP contribution in [-0.4, -0.2) is 52.0 Å². The number of halogens is 2. The first kappa shape index (κ1) is 24.8. The summed E-state index contributed by atoms with van der Waals surface area (Å²) in [7, 11) is 0. The molecule has 10 nitrogen and oxygen atoms in total. The van der Waals surface area contributed by atoms with Crippen molar-refractivity contribution in [3.8, 4) is 0 Å². The third-order valence-electron chi connectivity index (χ3n) is 5.09. The molecule has 1 heterocycles. The number of ketones is 1. The summed E-state index contributed by atoms with van der Waals surface area (Å²) in [4.78, 5) is 60.5. The van der Waals surface area contributed by atoms with Gasteiger partial charge in [0.2, 0.25) is 11.7 Å². The number of ether oxygens (including phenoxy) is 1. The lowest BCUT2D eigenvalue weighted by atomic mass is 10.0. The molecule has 1 saturated heterocycles. The lowest BCUT2D eigenvalue weighted by molar-refractivity contribution is -0.385. The number of nitro benzene ring substituents is 1. The van der Waals surface area contributed by atoms with Gasteiger partial charge in [0, 0.05) is 30.4 Å². The van der Waals surface area contributed by atoms with E-state index in [-0.39, 0.29) is 36.4 Å². The van der Waals surface area contributed by atoms with Crippen LogP contribution in [0.4, 0.5) is 10.1 Å². The Labute approximate surface area is 197 Å². The number of esters is 1. The van der Waals surface area contributed by atoms with Gasteiger partial charge in [0.05, 0.1) is 17.4 Å². The van der Waals surface area contributed by atoms with E-state index in [0.29, 0.717) is 0 Å². The van der Waals surface area contributed by atoms with Crippen LogP contribution in [0.25, 0.3) is 0 Å². The molecule has 2 aromatic rings. The van der Waals surface area contributed by atoms with Crippen LogP contribution < -0.4 is 5.43 Å². The molecule has 1 aliphatic heterocycles. The number of benzene rings is 2. The molecule has 1 fully saturated rings. The van der Waals surface area contributed by atoms with Gasteiger partial charge < -0.3 is 4.74 Å². The number of carbonyl (C=O) groups is 4. The minimum Gasteiger partial charge on any atom is -0.454 e. The zero-order valence-corrected chi connectivity index (χ0v) is 18.4. The quantitative estimate of drug-likeness (QED) is 0.187. The van der Waals surface area contributed by atoms with Gasteiger partial charge >= 0.3 is 5.97 Å². The van der Waals surface area contributed by atoms with Gasteiger partial charge in [0.15, 0.2) is 6.10 Å². The van der Waals surface area contributed by atoms with E-state index < -0.39 is 52.0 Å². The molecular formula is C22H19ClFN3O7. The summed E-state index contributed by atoms with van der Waals surface area (Å²) in [6.07, 6.45) is -1.53. The Morgan fingerprint density at radius 1 is 1.21 bits per heavy atom. The molecule has 0 spiro atoms. The second kappa shape index (κ2) is 10.8. The van der Waals surface area contributed by atoms with Crippen molar-refractivity contribution in [1.82, 2.24) is 10.4 Å². The van der Waals surface area contributed by atoms with Crippen molar-refractivity contribution in [2.75, 3.05) is 12.4 Å². The van der Waals surface area contributed by atoms with Crippen molar-refractivity contribution >= 4 is 40.9 Å². The van der Waals surface area contributed by atoms with Crippen LogP contribution in [-0.2, 0) is 14.3 Å². The van der Waals surface area contributed by atoms with Gasteiger partial charge in [-0.05, 0) is 30.3 Å². The Morgan fingerprint density at radius 3 is 2.53 bits per heavy atom. The number of hydrogen-bond acceptors (Lipinski definition) is 7. The van der Waals surface area contributed by atoms with Crippen LogP contribution in [0.15, 0.2) is 48.5 Å². The Kier molecular flexibility index (Phi) is 7.90. The van der Waals surface area contributed by atoms with Crippen LogP contribution in [0, 0.1) is 21.8 Å². The first-order valence-electron chi connectivity index (χ1n) is 10.1. The highest BCUT2D eigenvalue weighted by Gasteiger charge is 2.38. The number of para-hydroxylation sites is 1. The van der Waals surface area contributed by atoms with Crippen LogP contribution in [0.3, 0.4) is 0 Å². The van der Waals surface area contributed by atoms with E-state index in [1.165, 1.54) is 30.3 Å². The summed E-state index contributed by atoms with van der Waals surface area (Å²) >= 11 is 5.73. The smallest absolute Gasteiger partial charge is 0.312 e. The molecule has 3 rings (SSSR count). The standard InChI is InChI=1S/C22H19ClFN3O7/c23-10-9-18(20(29)13-5-7-15(24)8-6-13)34-22(31)14-11-19(28)26(12-14)25-21(30)16-3-1-2-4-17(16)27(32)33/h1-8,14,18H,9-12H2,(H,25,30)/t14-,18-/m0/s1. The highest BCUT2D eigenvalue weighted by atomic mass is 35.5. The van der Waals surface area contributed by atoms with Crippen molar-refractivity contribution in [3.05, 3.63) is 75.6 Å². The fourth-order valence-electron chi connectivity index (χ4n) is 3.36. The minimum absolute atomic E-state index is 0.00228. The van der Waals surface area contributed by atoms with Crippen molar-refractivity contribution in [3.63, 3.8) is 0 Å². The molecule has 178 valence electrons. The number of amides is 2. The molecule has 0 aromatic heterocycles. The first-order valence-corrected chi connectivity index (χ1v) is 10.7. The van der Waals surface area contributed by atoms with E-state index in [9.17, 15) is 33.7 Å². The summed E-state index contributed by atoms with van der Waals surface area (Å²) in [5.74, 6) is -4.42. The van der Waals surface area contributed by atoms with Crippen LogP contribution >= 0.6 is 11.6 Å². The molecule has 2 atom stereocenters. The van der Waals surface area contributed by atoms with E-state index >= 15 is 0 Å². The molecule has 2 aromatic carbocycles. The number of rotatable bonds is 9. The number of nitrogens with one attached hydrogen (secondary N) is 1. The monoisotopic (exact) mass is 491 g/mol. The van der Waals surface area contributed by atoms with Gasteiger partial charge in [-0.3, -0.25) is 39.7 Å². The maximum Gasteiger partial charge on any atom is 0.312 e. The third kappa shape index (κ3) is 5.73. The second-order valence-electron chi connectivity index (χ2n) is 7.39. The Morgan fingerprint density at radius 2 is 1.88 bits per heavy atom. The van der Waals surface area contributed by atoms with Gasteiger partial charge in [0.1, 0.15) is 11.4 Å². The van der Waals surface area contributed by atoms with Crippen LogP contribution in [0.2, 0.25) is 0 Å². The summed E-state index contributed by atoms with van der Waals surface area (Å²) in [6.45, 7) is -0.248. The highest BCUT2D eigenvalue weighted by molar-refractivity contribution is 6.18. The first-order chi connectivity index (χ1) is 16.2. The van der Waals surface area contributed by atoms with Crippen molar-refractivity contribution in [2.45, 2.75) is 18.9 Å². The van der Waals surface area contributed by atoms with Crippen molar-refractivity contribution < 1.29 is 33.2 Å². The molecular weight excluding hydrogens is 473 g/mol. The SMILES string of the molecule is O=C(NN1C[C@@H](C(=O)O[C@@H](CCCl)C(=O)c2ccc(F)cc2)CC1=O)c1ccccc1[N+](=O)[O-]. The number of carbonyl (C=O) groups excluding carboxylic acids is 4. The molecule has 0 radical (unpaired) electrons. The van der Waals surface area contributed by atoms with Crippen molar-refractivity contribution in [1.29, 1.82) is 0 Å². The van der Waals surface area contributed by atoms with E-state index in [1.54, 1.807) is 0 Å². The third-order valence-corrected chi connectivity index (χ3v) is 5.31. The summed E-state index contributed by atoms with van der Waals surface area (Å²) in [5, 5.41) is 12.0. The van der Waals surface area contributed by atoms with Gasteiger partial charge in [-0.25, -0.2) is 4.39 Å². The average Bonchev–Trinajstić information content (AvgIpc) is 3.18. The molecule has 1 aliphatic rings. The molecule has 0 bridgehead atoms. The maximum atomic E-state index is 13.1. The fourth-order valence-corrected chi connectivity index (χ4v) is 3.56. The summed E-state index contributed by atoms with van der Waals surface area (Å²) < 4.78 is 18.4. The molecule has 0 saturated carbocycles. The van der Waals surface area contributed by atoms with Crippen LogP contribution in [0.1, 0.15) is 33.6 Å². The number of nitro groups is 1. The predicted molar refractivity (Wildman–Crippen MR) is 116 cm³/mol. The second-order valence-corrected chi connectivity index (χ2v) is 7.77. The average molecular weight is 492 g/mol. The van der Waals surface area contributed by atoms with E-state index in [0.717, 1.165) is 23.2 Å². The molecule has 0 unspecified atom stereocenters. The van der Waals surface area contributed by atoms with Gasteiger partial charge in [0.25, 0.3) is 11.6 Å². The normalized spacial score (nSPS) is 16.1. The summed E-state index contributed by atoms with van der Waals surface area (Å²) in [6, 6.07) is 9.92. The molecule has 12 heteroatoms. The molecule has 2 amide bonds. The lowest BCUT2D eigenvalue weighted by Crippen LogP contribution is -2.43. The van der Waals surface area contributed by atoms with Crippen molar-refractivity contribution in [2.24, 2.45) is 5.92 Å². The van der Waals surface area contributed by atoms with E-state index in [1.807, 2.05) is 0 Å². The lowest BCUT2D eigenvalue weighted by Gasteiger charge is -2.19. The zero-order valence-electron chi connectivity index (χ0n) is 17.6. The Balaban J connectivity index is 1.65. The molecule has 0 aliphatic carbocycles. The molecule has 34 heavy (non-hydrogen) atoms. The van der Waals surface area contributed by atoms with Gasteiger partial charge in [-0.1, -0.05) is 12.1 Å². The highest BCUT2D eigenvalue weighted by Crippen LogP contribution is 2.22. The van der Waals surface area contributed by atoms with E-state index in [2.05, 4.69) is 5.43 Å². The van der Waals surface area contributed by atoms with Gasteiger partial charge in [-0.15, -0.1) is 11.6 Å². The Hall–Kier alpha value is -3.86. The minimum atomic E-state index is -1.24. The topological polar surface area (TPSA) is 136 Å². The van der Waals surface area contributed by atoms with Gasteiger partial charge in [-0.2, -0.15) is 0 Å².